The Bertz CT molecular complexity index is 1130. The van der Waals surface area contributed by atoms with Crippen LogP contribution in [0.25, 0.3) is 11.1 Å². The summed E-state index contributed by atoms with van der Waals surface area (Å²) in [7, 11) is 0. The van der Waals surface area contributed by atoms with E-state index in [4.69, 9.17) is 5.73 Å². The van der Waals surface area contributed by atoms with E-state index in [9.17, 15) is 0 Å². The Hall–Kier alpha value is -3.00. The summed E-state index contributed by atoms with van der Waals surface area (Å²) in [4.78, 5) is 0. The second-order valence-electron chi connectivity index (χ2n) is 11.5. The zero-order valence-corrected chi connectivity index (χ0v) is 25.2. The first kappa shape index (κ1) is 31.2. The van der Waals surface area contributed by atoms with Crippen molar-refractivity contribution in [2.45, 2.75) is 92.5 Å². The van der Waals surface area contributed by atoms with Gasteiger partial charge in [-0.25, -0.2) is 0 Å². The summed E-state index contributed by atoms with van der Waals surface area (Å²) in [5.41, 5.74) is 15.4. The molecule has 0 radical (unpaired) electrons. The Morgan fingerprint density at radius 3 is 2.32 bits per heavy atom. The van der Waals surface area contributed by atoms with E-state index in [0.29, 0.717) is 11.8 Å². The SMILES string of the molecule is C=C/C(=C(/C=C/NC(C)(C)c1cccc(-c2ccccc2N)c1C)C(=C)CCCC)C(CC)CCC(C)C. The number of benzene rings is 2. The molecule has 0 aromatic heterocycles. The molecule has 0 fully saturated rings. The van der Waals surface area contributed by atoms with Crippen molar-refractivity contribution < 1.29 is 0 Å². The minimum Gasteiger partial charge on any atom is -0.398 e. The van der Waals surface area contributed by atoms with Gasteiger partial charge in [-0.05, 0) is 110 Å². The van der Waals surface area contributed by atoms with E-state index >= 15 is 0 Å². The van der Waals surface area contributed by atoms with E-state index in [1.54, 1.807) is 0 Å². The Morgan fingerprint density at radius 2 is 1.71 bits per heavy atom. The first-order chi connectivity index (χ1) is 18.1. The van der Waals surface area contributed by atoms with E-state index in [2.05, 4.69) is 110 Å². The smallest absolute Gasteiger partial charge is 0.0566 e. The highest BCUT2D eigenvalue weighted by Crippen LogP contribution is 2.35. The molecule has 1 atom stereocenters. The molecule has 0 saturated heterocycles. The molecule has 2 heteroatoms. The number of para-hydroxylation sites is 1. The lowest BCUT2D eigenvalue weighted by atomic mass is 9.83. The van der Waals surface area contributed by atoms with Crippen LogP contribution in [0.1, 0.15) is 91.2 Å². The third-order valence-electron chi connectivity index (χ3n) is 7.72. The van der Waals surface area contributed by atoms with Crippen LogP contribution >= 0.6 is 0 Å². The lowest BCUT2D eigenvalue weighted by molar-refractivity contribution is 0.460. The molecule has 0 spiro atoms. The molecule has 2 aromatic rings. The average Bonchev–Trinajstić information content (AvgIpc) is 2.88. The minimum absolute atomic E-state index is 0.272. The van der Waals surface area contributed by atoms with Crippen LogP contribution in [0, 0.1) is 18.8 Å². The zero-order valence-electron chi connectivity index (χ0n) is 25.2. The van der Waals surface area contributed by atoms with Crippen LogP contribution in [-0.2, 0) is 5.54 Å². The van der Waals surface area contributed by atoms with Crippen molar-refractivity contribution in [3.63, 3.8) is 0 Å². The van der Waals surface area contributed by atoms with Gasteiger partial charge < -0.3 is 11.1 Å². The number of rotatable bonds is 15. The van der Waals surface area contributed by atoms with E-state index in [-0.39, 0.29) is 5.54 Å². The van der Waals surface area contributed by atoms with Crippen LogP contribution in [0.3, 0.4) is 0 Å². The van der Waals surface area contributed by atoms with Crippen molar-refractivity contribution in [3.05, 3.63) is 102 Å². The maximum absolute atomic E-state index is 6.32. The quantitative estimate of drug-likeness (QED) is 0.184. The topological polar surface area (TPSA) is 38.0 Å². The summed E-state index contributed by atoms with van der Waals surface area (Å²) in [6.45, 7) is 24.6. The van der Waals surface area contributed by atoms with Gasteiger partial charge in [0.15, 0.2) is 0 Å². The Morgan fingerprint density at radius 1 is 1.03 bits per heavy atom. The maximum Gasteiger partial charge on any atom is 0.0566 e. The highest BCUT2D eigenvalue weighted by molar-refractivity contribution is 5.79. The molecule has 3 N–H and O–H groups in total. The molecule has 38 heavy (non-hydrogen) atoms. The lowest BCUT2D eigenvalue weighted by Gasteiger charge is -2.29. The first-order valence-corrected chi connectivity index (χ1v) is 14.5. The number of nitrogens with two attached hydrogens (primary N) is 1. The number of anilines is 1. The number of allylic oxidation sites excluding steroid dienone is 5. The normalized spacial score (nSPS) is 13.5. The van der Waals surface area contributed by atoms with Gasteiger partial charge in [0, 0.05) is 11.3 Å². The van der Waals surface area contributed by atoms with Gasteiger partial charge in [-0.1, -0.05) is 96.2 Å². The highest BCUT2D eigenvalue weighted by atomic mass is 14.9. The van der Waals surface area contributed by atoms with Gasteiger partial charge in [0.25, 0.3) is 0 Å². The largest absolute Gasteiger partial charge is 0.398 e. The Balaban J connectivity index is 2.43. The fourth-order valence-electron chi connectivity index (χ4n) is 5.31. The van der Waals surface area contributed by atoms with Crippen molar-refractivity contribution >= 4 is 5.69 Å². The van der Waals surface area contributed by atoms with Gasteiger partial charge in [-0.2, -0.15) is 0 Å². The van der Waals surface area contributed by atoms with E-state index < -0.39 is 0 Å². The van der Waals surface area contributed by atoms with Crippen LogP contribution in [0.15, 0.2) is 90.7 Å². The van der Waals surface area contributed by atoms with Gasteiger partial charge in [-0.15, -0.1) is 0 Å². The van der Waals surface area contributed by atoms with Gasteiger partial charge >= 0.3 is 0 Å². The van der Waals surface area contributed by atoms with Crippen LogP contribution in [0.2, 0.25) is 0 Å². The van der Waals surface area contributed by atoms with Crippen molar-refractivity contribution in [2.24, 2.45) is 11.8 Å². The van der Waals surface area contributed by atoms with Crippen molar-refractivity contribution in [1.29, 1.82) is 0 Å². The zero-order chi connectivity index (χ0) is 28.3. The molecule has 0 amide bonds. The second kappa shape index (κ2) is 14.8. The number of unbranched alkanes of at least 4 members (excludes halogenated alkanes) is 1. The summed E-state index contributed by atoms with van der Waals surface area (Å²) >= 11 is 0. The number of hydrogen-bond donors (Lipinski definition) is 2. The molecule has 0 bridgehead atoms. The first-order valence-electron chi connectivity index (χ1n) is 14.5. The van der Waals surface area contributed by atoms with Gasteiger partial charge in [0.05, 0.1) is 5.54 Å². The van der Waals surface area contributed by atoms with E-state index in [0.717, 1.165) is 36.9 Å². The molecular weight excluding hydrogens is 460 g/mol. The van der Waals surface area contributed by atoms with Crippen molar-refractivity contribution in [3.8, 4) is 11.1 Å². The molecule has 0 aliphatic carbocycles. The predicted molar refractivity (Wildman–Crippen MR) is 170 cm³/mol. The second-order valence-corrected chi connectivity index (χ2v) is 11.5. The van der Waals surface area contributed by atoms with Crippen LogP contribution < -0.4 is 11.1 Å². The van der Waals surface area contributed by atoms with E-state index in [1.807, 2.05) is 18.2 Å². The summed E-state index contributed by atoms with van der Waals surface area (Å²) in [6.07, 6.45) is 13.3. The maximum atomic E-state index is 6.32. The van der Waals surface area contributed by atoms with Crippen LogP contribution in [0.5, 0.6) is 0 Å². The number of nitrogens with one attached hydrogen (secondary N) is 1. The average molecular weight is 513 g/mol. The lowest BCUT2D eigenvalue weighted by Crippen LogP contribution is -2.33. The van der Waals surface area contributed by atoms with Crippen molar-refractivity contribution in [2.75, 3.05) is 5.73 Å². The summed E-state index contributed by atoms with van der Waals surface area (Å²) in [5, 5.41) is 3.72. The molecule has 0 aliphatic heterocycles. The van der Waals surface area contributed by atoms with Crippen molar-refractivity contribution in [1.82, 2.24) is 5.32 Å². The molecule has 206 valence electrons. The molecule has 2 rings (SSSR count). The predicted octanol–water partition coefficient (Wildman–Crippen LogP) is 10.3. The summed E-state index contributed by atoms with van der Waals surface area (Å²) in [5.74, 6) is 1.20. The molecular formula is C36H52N2. The fourth-order valence-corrected chi connectivity index (χ4v) is 5.31. The highest BCUT2D eigenvalue weighted by Gasteiger charge is 2.23. The number of nitrogen functional groups attached to an aromatic ring is 1. The molecule has 1 unspecified atom stereocenters. The van der Waals surface area contributed by atoms with E-state index in [1.165, 1.54) is 46.3 Å². The molecule has 0 heterocycles. The summed E-state index contributed by atoms with van der Waals surface area (Å²) in [6, 6.07) is 14.6. The Kier molecular flexibility index (Phi) is 12.2. The molecule has 0 saturated carbocycles. The van der Waals surface area contributed by atoms with Gasteiger partial charge in [-0.3, -0.25) is 0 Å². The van der Waals surface area contributed by atoms with Crippen LogP contribution in [0.4, 0.5) is 5.69 Å². The molecule has 0 aliphatic rings. The standard InChI is InChI=1S/C36H52N2/c1-10-13-17-27(6)31(30(12-3)29(11-2)23-22-26(4)5)24-25-38-36(8,9)34-20-16-19-32(28(34)7)33-18-14-15-21-35(33)37/h12,14-16,18-21,24-26,29,38H,3,6,10-11,13,17,22-23,37H2,1-2,4-5,7-9H3/b25-24+,31-30+. The monoisotopic (exact) mass is 512 g/mol. The molecule has 2 nitrogen and oxygen atoms in total. The van der Waals surface area contributed by atoms with Crippen LogP contribution in [-0.4, -0.2) is 0 Å². The van der Waals surface area contributed by atoms with Gasteiger partial charge in [0.2, 0.25) is 0 Å². The minimum atomic E-state index is -0.272. The third kappa shape index (κ3) is 8.25. The molecule has 2 aromatic carbocycles. The Labute approximate surface area is 233 Å². The summed E-state index contributed by atoms with van der Waals surface area (Å²) < 4.78 is 0. The van der Waals surface area contributed by atoms with Gasteiger partial charge in [0.1, 0.15) is 0 Å². The number of hydrogen-bond acceptors (Lipinski definition) is 2. The fraction of sp³-hybridized carbons (Fsp3) is 0.444. The third-order valence-corrected chi connectivity index (χ3v) is 7.72.